The average Bonchev–Trinajstić information content (AvgIpc) is 2.17. The molecule has 7 N–H and O–H groups in total. The molecular formula is C7H17N5O2. The van der Waals surface area contributed by atoms with Crippen molar-refractivity contribution >= 4 is 5.91 Å². The summed E-state index contributed by atoms with van der Waals surface area (Å²) >= 11 is 0. The van der Waals surface area contributed by atoms with E-state index in [0.29, 0.717) is 18.2 Å². The number of nitrogens with zero attached hydrogens (tertiary/aromatic N) is 1. The number of carbonyl (C=O) groups excluding carboxylic acids is 1. The van der Waals surface area contributed by atoms with Gasteiger partial charge in [-0.05, 0) is 0 Å². The van der Waals surface area contributed by atoms with Gasteiger partial charge in [-0.3, -0.25) is 10.0 Å². The van der Waals surface area contributed by atoms with Gasteiger partial charge in [-0.15, -0.1) is 0 Å². The molecule has 0 fully saturated rings. The van der Waals surface area contributed by atoms with Crippen LogP contribution in [0.25, 0.3) is 0 Å². The van der Waals surface area contributed by atoms with E-state index in [1.165, 1.54) is 14.1 Å². The lowest BCUT2D eigenvalue weighted by Gasteiger charge is -2.16. The predicted octanol–water partition coefficient (Wildman–Crippen LogP) is -2.27. The van der Waals surface area contributed by atoms with Gasteiger partial charge in [0.15, 0.2) is 5.82 Å². The maximum absolute atomic E-state index is 11.3. The van der Waals surface area contributed by atoms with Crippen molar-refractivity contribution in [1.82, 2.24) is 15.7 Å². The normalized spacial score (nSPS) is 11.7. The molecule has 14 heavy (non-hydrogen) atoms. The van der Waals surface area contributed by atoms with E-state index in [0.717, 1.165) is 0 Å². The molecule has 0 aromatic rings. The molecule has 0 bridgehead atoms. The molecule has 0 aliphatic carbocycles. The van der Waals surface area contributed by atoms with Crippen LogP contribution in [0, 0.1) is 0 Å². The van der Waals surface area contributed by atoms with Crippen molar-refractivity contribution in [3.8, 4) is 0 Å². The number of nitrogens with one attached hydrogen (secondary N) is 2. The molecule has 0 aliphatic heterocycles. The summed E-state index contributed by atoms with van der Waals surface area (Å²) in [6, 6.07) is 0. The first-order valence-electron chi connectivity index (χ1n) is 4.13. The van der Waals surface area contributed by atoms with Gasteiger partial charge in [-0.25, -0.2) is 5.06 Å². The Bertz CT molecular complexity index is 226. The molecule has 0 aliphatic rings. The monoisotopic (exact) mass is 203 g/mol. The van der Waals surface area contributed by atoms with Gasteiger partial charge >= 0.3 is 0 Å². The maximum Gasteiger partial charge on any atom is 0.270 e. The summed E-state index contributed by atoms with van der Waals surface area (Å²) in [6.07, 6.45) is 0. The van der Waals surface area contributed by atoms with Crippen LogP contribution in [0.15, 0.2) is 11.5 Å². The van der Waals surface area contributed by atoms with Gasteiger partial charge in [-0.1, -0.05) is 0 Å². The highest BCUT2D eigenvalue weighted by molar-refractivity contribution is 5.93. The highest BCUT2D eigenvalue weighted by atomic mass is 16.5. The predicted molar refractivity (Wildman–Crippen MR) is 51.9 cm³/mol. The standard InChI is InChI=1S/C7H17N5O2/c1-10-7(13)5(11-4-3-8)6(9)12(2)14/h11,14H,3-4,8-9H2,1-2H3,(H,10,13)/b6-5+. The molecule has 0 rings (SSSR count). The summed E-state index contributed by atoms with van der Waals surface area (Å²) in [5.74, 6) is -0.463. The third kappa shape index (κ3) is 3.50. The average molecular weight is 203 g/mol. The highest BCUT2D eigenvalue weighted by Crippen LogP contribution is 1.97. The van der Waals surface area contributed by atoms with E-state index in [1.54, 1.807) is 0 Å². The summed E-state index contributed by atoms with van der Waals surface area (Å²) in [4.78, 5) is 11.3. The number of likely N-dealkylation sites (N-methyl/N-ethyl adjacent to an activating group) is 1. The lowest BCUT2D eigenvalue weighted by atomic mass is 10.3. The van der Waals surface area contributed by atoms with Crippen molar-refractivity contribution in [2.75, 3.05) is 27.2 Å². The first kappa shape index (κ1) is 12.5. The molecule has 0 unspecified atom stereocenters. The molecule has 0 saturated carbocycles. The van der Waals surface area contributed by atoms with Crippen LogP contribution in [0.4, 0.5) is 0 Å². The van der Waals surface area contributed by atoms with Crippen molar-refractivity contribution in [3.05, 3.63) is 11.5 Å². The fraction of sp³-hybridized carbons (Fsp3) is 0.571. The Kier molecular flexibility index (Phi) is 5.42. The minimum absolute atomic E-state index is 0.0576. The molecule has 0 aromatic heterocycles. The van der Waals surface area contributed by atoms with E-state index in [2.05, 4.69) is 10.6 Å². The summed E-state index contributed by atoms with van der Waals surface area (Å²) < 4.78 is 0. The van der Waals surface area contributed by atoms with Crippen LogP contribution in [0.2, 0.25) is 0 Å². The van der Waals surface area contributed by atoms with Gasteiger partial charge in [0.1, 0.15) is 5.70 Å². The van der Waals surface area contributed by atoms with Crippen LogP contribution < -0.4 is 22.1 Å². The Morgan fingerprint density at radius 1 is 1.57 bits per heavy atom. The molecule has 7 nitrogen and oxygen atoms in total. The van der Waals surface area contributed by atoms with Crippen molar-refractivity contribution in [2.45, 2.75) is 0 Å². The van der Waals surface area contributed by atoms with Crippen molar-refractivity contribution < 1.29 is 10.0 Å². The maximum atomic E-state index is 11.3. The molecule has 0 heterocycles. The lowest BCUT2D eigenvalue weighted by molar-refractivity contribution is -0.118. The van der Waals surface area contributed by atoms with Crippen molar-refractivity contribution in [2.24, 2.45) is 11.5 Å². The molecule has 0 aromatic carbocycles. The molecule has 82 valence electrons. The van der Waals surface area contributed by atoms with Crippen LogP contribution in [0.3, 0.4) is 0 Å². The molecular weight excluding hydrogens is 186 g/mol. The zero-order chi connectivity index (χ0) is 11.1. The van der Waals surface area contributed by atoms with Gasteiger partial charge in [0.25, 0.3) is 5.91 Å². The molecule has 0 saturated heterocycles. The summed E-state index contributed by atoms with van der Waals surface area (Å²) in [5, 5.41) is 14.8. The summed E-state index contributed by atoms with van der Waals surface area (Å²) in [5.41, 5.74) is 10.8. The molecule has 7 heteroatoms. The third-order valence-corrected chi connectivity index (χ3v) is 1.51. The van der Waals surface area contributed by atoms with Crippen molar-refractivity contribution in [1.29, 1.82) is 0 Å². The topological polar surface area (TPSA) is 117 Å². The zero-order valence-corrected chi connectivity index (χ0v) is 8.37. The Morgan fingerprint density at radius 3 is 2.50 bits per heavy atom. The van der Waals surface area contributed by atoms with Crippen molar-refractivity contribution in [3.63, 3.8) is 0 Å². The van der Waals surface area contributed by atoms with Crippen LogP contribution >= 0.6 is 0 Å². The Morgan fingerprint density at radius 2 is 2.14 bits per heavy atom. The molecule has 1 amide bonds. The van der Waals surface area contributed by atoms with E-state index in [4.69, 9.17) is 16.7 Å². The van der Waals surface area contributed by atoms with Gasteiger partial charge in [0.2, 0.25) is 0 Å². The SMILES string of the molecule is CNC(=O)/C(NCCN)=C(/N)N(C)O. The van der Waals surface area contributed by atoms with Gasteiger partial charge in [0.05, 0.1) is 0 Å². The number of hydroxylamine groups is 2. The Balaban J connectivity index is 4.69. The fourth-order valence-corrected chi connectivity index (χ4v) is 0.771. The second-order valence-electron chi connectivity index (χ2n) is 2.58. The molecule has 0 atom stereocenters. The first-order valence-corrected chi connectivity index (χ1v) is 4.13. The number of amides is 1. The minimum atomic E-state index is -0.406. The van der Waals surface area contributed by atoms with Crippen LogP contribution in [0.5, 0.6) is 0 Å². The number of rotatable bonds is 5. The van der Waals surface area contributed by atoms with Gasteiger partial charge in [-0.2, -0.15) is 0 Å². The molecule has 0 radical (unpaired) electrons. The zero-order valence-electron chi connectivity index (χ0n) is 8.37. The number of carbonyl (C=O) groups is 1. The van der Waals surface area contributed by atoms with Crippen LogP contribution in [0.1, 0.15) is 0 Å². The van der Waals surface area contributed by atoms with Gasteiger partial charge < -0.3 is 22.1 Å². The lowest BCUT2D eigenvalue weighted by Crippen LogP contribution is -2.37. The number of nitrogens with two attached hydrogens (primary N) is 2. The summed E-state index contributed by atoms with van der Waals surface area (Å²) in [6.45, 7) is 0.764. The number of hydrogen-bond acceptors (Lipinski definition) is 6. The van der Waals surface area contributed by atoms with Gasteiger partial charge in [0, 0.05) is 27.2 Å². The number of hydrogen-bond donors (Lipinski definition) is 5. The van der Waals surface area contributed by atoms with E-state index in [-0.39, 0.29) is 11.5 Å². The second kappa shape index (κ2) is 6.06. The summed E-state index contributed by atoms with van der Waals surface area (Å²) in [7, 11) is 2.79. The minimum Gasteiger partial charge on any atom is -0.382 e. The van der Waals surface area contributed by atoms with Crippen LogP contribution in [-0.2, 0) is 4.79 Å². The second-order valence-corrected chi connectivity index (χ2v) is 2.58. The fourth-order valence-electron chi connectivity index (χ4n) is 0.771. The van der Waals surface area contributed by atoms with E-state index in [1.807, 2.05) is 0 Å². The van der Waals surface area contributed by atoms with E-state index in [9.17, 15) is 4.79 Å². The van der Waals surface area contributed by atoms with E-state index < -0.39 is 5.91 Å². The largest absolute Gasteiger partial charge is 0.382 e. The first-order chi connectivity index (χ1) is 6.54. The Labute approximate surface area is 82.7 Å². The van der Waals surface area contributed by atoms with E-state index >= 15 is 0 Å². The Hall–Kier alpha value is -1.47. The van der Waals surface area contributed by atoms with Crippen LogP contribution in [-0.4, -0.2) is 43.4 Å². The quantitative estimate of drug-likeness (QED) is 0.254. The molecule has 0 spiro atoms. The third-order valence-electron chi connectivity index (χ3n) is 1.51. The smallest absolute Gasteiger partial charge is 0.270 e. The highest BCUT2D eigenvalue weighted by Gasteiger charge is 2.13.